The quantitative estimate of drug-likeness (QED) is 0.857. The van der Waals surface area contributed by atoms with Gasteiger partial charge >= 0.3 is 6.18 Å². The first kappa shape index (κ1) is 14.2. The molecule has 7 heteroatoms. The Kier molecular flexibility index (Phi) is 4.35. The summed E-state index contributed by atoms with van der Waals surface area (Å²) in [6.07, 6.45) is -5.45. The van der Waals surface area contributed by atoms with Crippen molar-refractivity contribution in [3.8, 4) is 0 Å². The van der Waals surface area contributed by atoms with E-state index in [1.54, 1.807) is 7.05 Å². The number of hydrogen-bond acceptors (Lipinski definition) is 2. The summed E-state index contributed by atoms with van der Waals surface area (Å²) in [7, 11) is 1.61. The molecule has 1 rings (SSSR count). The lowest BCUT2D eigenvalue weighted by molar-refractivity contribution is -0.151. The van der Waals surface area contributed by atoms with E-state index in [0.29, 0.717) is 16.6 Å². The summed E-state index contributed by atoms with van der Waals surface area (Å²) in [6, 6.07) is 0. The Morgan fingerprint density at radius 3 is 2.47 bits per heavy atom. The molecule has 0 atom stereocenters. The minimum absolute atomic E-state index is 0.260. The predicted molar refractivity (Wildman–Crippen MR) is 59.7 cm³/mol. The van der Waals surface area contributed by atoms with E-state index < -0.39 is 18.4 Å². The van der Waals surface area contributed by atoms with Gasteiger partial charge in [-0.15, -0.1) is 0 Å². The van der Waals surface area contributed by atoms with Crippen LogP contribution in [0.25, 0.3) is 0 Å². The summed E-state index contributed by atoms with van der Waals surface area (Å²) in [5.41, 5.74) is 1.22. The molecule has 3 nitrogen and oxygen atoms in total. The third kappa shape index (κ3) is 3.83. The highest BCUT2D eigenvalue weighted by Crippen LogP contribution is 2.25. The fourth-order valence-electron chi connectivity index (χ4n) is 1.48. The highest BCUT2D eigenvalue weighted by molar-refractivity contribution is 9.10. The van der Waals surface area contributed by atoms with Crippen molar-refractivity contribution in [1.29, 1.82) is 0 Å². The number of nitrogens with zero attached hydrogens (tertiary/aromatic N) is 2. The second-order valence-corrected chi connectivity index (χ2v) is 4.48. The van der Waals surface area contributed by atoms with Crippen LogP contribution in [0.4, 0.5) is 13.2 Å². The third-order valence-electron chi connectivity index (χ3n) is 2.27. The van der Waals surface area contributed by atoms with Gasteiger partial charge in [-0.2, -0.15) is 18.3 Å². The van der Waals surface area contributed by atoms with Crippen molar-refractivity contribution in [2.24, 2.45) is 7.05 Å². The van der Waals surface area contributed by atoms with Crippen LogP contribution < -0.4 is 0 Å². The standard InChI is InChI=1S/C10H12BrF3N2O/c1-3-7-9(11)8(16(2)15-7)4-6(17)5-10(12,13)14/h3-5H2,1-2H3. The monoisotopic (exact) mass is 312 g/mol. The number of aromatic nitrogens is 2. The Morgan fingerprint density at radius 1 is 1.47 bits per heavy atom. The molecule has 0 aromatic carbocycles. The maximum Gasteiger partial charge on any atom is 0.395 e. The number of rotatable bonds is 4. The van der Waals surface area contributed by atoms with Crippen LogP contribution in [0, 0.1) is 0 Å². The summed E-state index contributed by atoms with van der Waals surface area (Å²) in [6.45, 7) is 1.88. The number of hydrogen-bond donors (Lipinski definition) is 0. The molecule has 0 saturated carbocycles. The zero-order valence-corrected chi connectivity index (χ0v) is 11.0. The maximum absolute atomic E-state index is 12.0. The Labute approximate surface area is 105 Å². The molecule has 17 heavy (non-hydrogen) atoms. The lowest BCUT2D eigenvalue weighted by Crippen LogP contribution is -2.17. The average molecular weight is 313 g/mol. The Bertz CT molecular complexity index is 426. The lowest BCUT2D eigenvalue weighted by Gasteiger charge is -2.05. The topological polar surface area (TPSA) is 34.9 Å². The fourth-order valence-corrected chi connectivity index (χ4v) is 2.24. The van der Waals surface area contributed by atoms with Gasteiger partial charge in [-0.1, -0.05) is 6.92 Å². The van der Waals surface area contributed by atoms with E-state index in [0.717, 1.165) is 5.69 Å². The first-order chi connectivity index (χ1) is 7.74. The summed E-state index contributed by atoms with van der Waals surface area (Å²) < 4.78 is 38.1. The predicted octanol–water partition coefficient (Wildman–Crippen LogP) is 2.81. The van der Waals surface area contributed by atoms with Crippen molar-refractivity contribution < 1.29 is 18.0 Å². The minimum Gasteiger partial charge on any atom is -0.299 e. The van der Waals surface area contributed by atoms with Crippen LogP contribution in [0.2, 0.25) is 0 Å². The molecule has 1 aromatic heterocycles. The van der Waals surface area contributed by atoms with Gasteiger partial charge in [0.15, 0.2) is 0 Å². The number of Topliss-reactive ketones (excluding diaryl/α,β-unsaturated/α-hetero) is 1. The average Bonchev–Trinajstić information content (AvgIpc) is 2.42. The molecule has 0 saturated heterocycles. The van der Waals surface area contributed by atoms with Crippen LogP contribution in [-0.4, -0.2) is 21.7 Å². The Balaban J connectivity index is 2.82. The van der Waals surface area contributed by atoms with Gasteiger partial charge in [-0.3, -0.25) is 9.48 Å². The Hall–Kier alpha value is -0.850. The summed E-state index contributed by atoms with van der Waals surface area (Å²) in [4.78, 5) is 11.2. The number of halogens is 4. The summed E-state index contributed by atoms with van der Waals surface area (Å²) in [5.74, 6) is -0.858. The number of carbonyl (C=O) groups excluding carboxylic acids is 1. The van der Waals surface area contributed by atoms with Crippen LogP contribution in [0.1, 0.15) is 24.7 Å². The molecular formula is C10H12BrF3N2O. The van der Waals surface area contributed by atoms with Crippen LogP contribution in [0.15, 0.2) is 4.47 Å². The minimum atomic E-state index is -4.45. The van der Waals surface area contributed by atoms with Gasteiger partial charge in [0.05, 0.1) is 15.9 Å². The molecule has 0 aliphatic heterocycles. The van der Waals surface area contributed by atoms with Crippen LogP contribution in [-0.2, 0) is 24.7 Å². The van der Waals surface area contributed by atoms with E-state index in [4.69, 9.17) is 0 Å². The van der Waals surface area contributed by atoms with Gasteiger partial charge in [-0.05, 0) is 22.4 Å². The molecule has 0 bridgehead atoms. The van der Waals surface area contributed by atoms with Crippen LogP contribution >= 0.6 is 15.9 Å². The van der Waals surface area contributed by atoms with Crippen molar-refractivity contribution in [2.75, 3.05) is 0 Å². The van der Waals surface area contributed by atoms with Crippen molar-refractivity contribution in [3.63, 3.8) is 0 Å². The zero-order valence-electron chi connectivity index (χ0n) is 9.44. The van der Waals surface area contributed by atoms with Gasteiger partial charge in [0.25, 0.3) is 0 Å². The van der Waals surface area contributed by atoms with E-state index >= 15 is 0 Å². The van der Waals surface area contributed by atoms with Gasteiger partial charge in [0.1, 0.15) is 12.2 Å². The Morgan fingerprint density at radius 2 is 2.06 bits per heavy atom. The molecule has 0 aliphatic carbocycles. The number of aryl methyl sites for hydroxylation is 2. The molecule has 0 unspecified atom stereocenters. The van der Waals surface area contributed by atoms with Crippen LogP contribution in [0.3, 0.4) is 0 Å². The molecular weight excluding hydrogens is 301 g/mol. The SMILES string of the molecule is CCc1nn(C)c(CC(=O)CC(F)(F)F)c1Br. The molecule has 0 spiro atoms. The third-order valence-corrected chi connectivity index (χ3v) is 3.18. The van der Waals surface area contributed by atoms with Crippen molar-refractivity contribution in [1.82, 2.24) is 9.78 Å². The lowest BCUT2D eigenvalue weighted by atomic mass is 10.1. The van der Waals surface area contributed by atoms with Crippen molar-refractivity contribution >= 4 is 21.7 Å². The smallest absolute Gasteiger partial charge is 0.299 e. The summed E-state index contributed by atoms with van der Waals surface area (Å²) >= 11 is 3.25. The normalized spacial score (nSPS) is 11.9. The molecule has 1 heterocycles. The van der Waals surface area contributed by atoms with Gasteiger partial charge in [0, 0.05) is 13.5 Å². The molecule has 0 amide bonds. The largest absolute Gasteiger partial charge is 0.395 e. The molecule has 96 valence electrons. The van der Waals surface area contributed by atoms with E-state index in [1.165, 1.54) is 4.68 Å². The van der Waals surface area contributed by atoms with Crippen LogP contribution in [0.5, 0.6) is 0 Å². The van der Waals surface area contributed by atoms with Gasteiger partial charge in [0.2, 0.25) is 0 Å². The van der Waals surface area contributed by atoms with E-state index in [-0.39, 0.29) is 6.42 Å². The van der Waals surface area contributed by atoms with E-state index in [1.807, 2.05) is 6.92 Å². The fraction of sp³-hybridized carbons (Fsp3) is 0.600. The first-order valence-corrected chi connectivity index (χ1v) is 5.82. The number of carbonyl (C=O) groups is 1. The zero-order chi connectivity index (χ0) is 13.2. The van der Waals surface area contributed by atoms with E-state index in [2.05, 4.69) is 21.0 Å². The molecule has 0 radical (unpaired) electrons. The highest BCUT2D eigenvalue weighted by atomic mass is 79.9. The first-order valence-electron chi connectivity index (χ1n) is 5.03. The van der Waals surface area contributed by atoms with Gasteiger partial charge < -0.3 is 0 Å². The molecule has 1 aromatic rings. The highest BCUT2D eigenvalue weighted by Gasteiger charge is 2.31. The van der Waals surface area contributed by atoms with Gasteiger partial charge in [-0.25, -0.2) is 0 Å². The van der Waals surface area contributed by atoms with Crippen molar-refractivity contribution in [3.05, 3.63) is 15.9 Å². The van der Waals surface area contributed by atoms with E-state index in [9.17, 15) is 18.0 Å². The number of ketones is 1. The van der Waals surface area contributed by atoms with Crippen molar-refractivity contribution in [2.45, 2.75) is 32.4 Å². The molecule has 0 aliphatic rings. The summed E-state index contributed by atoms with van der Waals surface area (Å²) in [5, 5.41) is 4.11. The molecule has 0 fully saturated rings. The number of alkyl halides is 3. The maximum atomic E-state index is 12.0. The second kappa shape index (κ2) is 5.20. The molecule has 0 N–H and O–H groups in total. The second-order valence-electron chi connectivity index (χ2n) is 3.69.